The van der Waals surface area contributed by atoms with Crippen molar-refractivity contribution >= 4 is 59.3 Å². The van der Waals surface area contributed by atoms with E-state index in [1.165, 1.54) is 13.8 Å². The Kier molecular flexibility index (Phi) is 22.7. The van der Waals surface area contributed by atoms with Crippen LogP contribution >= 0.6 is 0 Å². The molecule has 2 aliphatic rings. The molecule has 0 radical (unpaired) electrons. The second kappa shape index (κ2) is 26.5. The minimum atomic E-state index is -1.93. The molecule has 2 fully saturated rings. The van der Waals surface area contributed by atoms with Crippen molar-refractivity contribution in [2.75, 3.05) is 13.2 Å². The Morgan fingerprint density at radius 2 is 1.24 bits per heavy atom. The normalized spacial score (nSPS) is 27.2. The van der Waals surface area contributed by atoms with E-state index in [-0.39, 0.29) is 19.3 Å². The van der Waals surface area contributed by atoms with E-state index in [1.54, 1.807) is 0 Å². The van der Waals surface area contributed by atoms with Gasteiger partial charge in [-0.05, 0) is 39.5 Å². The van der Waals surface area contributed by atoms with Gasteiger partial charge in [-0.3, -0.25) is 43.2 Å². The first-order valence-electron chi connectivity index (χ1n) is 20.7. The molecule has 15 atom stereocenters. The molecule has 0 spiro atoms. The van der Waals surface area contributed by atoms with Gasteiger partial charge in [-0.15, -0.1) is 0 Å². The standard InChI is InChI=1S/C38H62N8O20/c1-14(34(56)46-21(33(41)55)10-11-25(51)45-22(36(58)59)9-7-8-20(39)32(40)54)42-35(57)15(2)63-31-27(44-17(4)48)37(60)64-24(13-62-19(6)50)30(31)66-38-26(43-16(3)47)29(53)28(52)23(65-38)12-61-18(5)49/h14-15,20-24,26-31,37-38,52-53,60H,7-13,39H2,1-6H3,(H2,40,54)(H2,41,55)(H,42,57)(H,43,47)(H,44,48)(H,45,51)(H,46,56)(H,58,59). The maximum atomic E-state index is 13.6. The zero-order valence-electron chi connectivity index (χ0n) is 37.2. The number of esters is 2. The van der Waals surface area contributed by atoms with Gasteiger partial charge in [-0.2, -0.15) is 0 Å². The highest BCUT2D eigenvalue weighted by Gasteiger charge is 2.53. The molecule has 2 rings (SSSR count). The van der Waals surface area contributed by atoms with Crippen molar-refractivity contribution in [3.05, 3.63) is 0 Å². The Morgan fingerprint density at radius 3 is 1.77 bits per heavy atom. The number of hydrogen-bond donors (Lipinski definition) is 12. The number of nitrogens with one attached hydrogen (secondary N) is 5. The van der Waals surface area contributed by atoms with Gasteiger partial charge in [-0.25, -0.2) is 4.79 Å². The van der Waals surface area contributed by atoms with Gasteiger partial charge >= 0.3 is 17.9 Å². The average Bonchev–Trinajstić information content (AvgIpc) is 3.21. The maximum Gasteiger partial charge on any atom is 0.326 e. The second-order valence-corrected chi connectivity index (χ2v) is 15.6. The summed E-state index contributed by atoms with van der Waals surface area (Å²) in [6.45, 7) is 5.42. The Bertz CT molecular complexity index is 1750. The zero-order valence-corrected chi connectivity index (χ0v) is 37.2. The first-order chi connectivity index (χ1) is 30.7. The monoisotopic (exact) mass is 950 g/mol. The summed E-state index contributed by atoms with van der Waals surface area (Å²) < 4.78 is 33.9. The fourth-order valence-electron chi connectivity index (χ4n) is 6.66. The van der Waals surface area contributed by atoms with E-state index in [4.69, 9.17) is 45.6 Å². The Labute approximate surface area is 377 Å². The molecule has 2 aliphatic heterocycles. The van der Waals surface area contributed by atoms with Crippen LogP contribution in [0.1, 0.15) is 73.6 Å². The van der Waals surface area contributed by atoms with Crippen LogP contribution in [0.2, 0.25) is 0 Å². The van der Waals surface area contributed by atoms with Crippen LogP contribution in [0, 0.1) is 0 Å². The maximum absolute atomic E-state index is 13.6. The highest BCUT2D eigenvalue weighted by molar-refractivity contribution is 5.92. The van der Waals surface area contributed by atoms with Gasteiger partial charge in [0.2, 0.25) is 41.4 Å². The number of carboxylic acids is 1. The molecule has 0 aromatic rings. The lowest BCUT2D eigenvalue weighted by molar-refractivity contribution is -0.333. The van der Waals surface area contributed by atoms with Crippen LogP contribution in [0.4, 0.5) is 0 Å². The number of aliphatic hydroxyl groups excluding tert-OH is 3. The molecular weight excluding hydrogens is 888 g/mol. The molecule has 0 bridgehead atoms. The molecule has 7 amide bonds. The van der Waals surface area contributed by atoms with Gasteiger partial charge < -0.3 is 92.6 Å². The Morgan fingerprint density at radius 1 is 0.667 bits per heavy atom. The number of primary amides is 2. The minimum Gasteiger partial charge on any atom is -0.480 e. The highest BCUT2D eigenvalue weighted by Crippen LogP contribution is 2.31. The summed E-state index contributed by atoms with van der Waals surface area (Å²) in [4.78, 5) is 123. The quantitative estimate of drug-likeness (QED) is 0.0378. The molecule has 0 aromatic carbocycles. The fraction of sp³-hybridized carbons (Fsp3) is 0.737. The van der Waals surface area contributed by atoms with E-state index in [2.05, 4.69) is 26.6 Å². The molecule has 15 N–H and O–H groups in total. The number of carboxylic acid groups (broad SMARTS) is 1. The van der Waals surface area contributed by atoms with Crippen molar-refractivity contribution in [3.63, 3.8) is 0 Å². The number of ether oxygens (including phenoxy) is 6. The number of nitrogens with two attached hydrogens (primary N) is 3. The number of aliphatic carboxylic acids is 1. The van der Waals surface area contributed by atoms with Crippen LogP contribution in [-0.2, 0) is 76.4 Å². The first-order valence-corrected chi connectivity index (χ1v) is 20.7. The summed E-state index contributed by atoms with van der Waals surface area (Å²) in [7, 11) is 0. The molecule has 374 valence electrons. The largest absolute Gasteiger partial charge is 0.480 e. The van der Waals surface area contributed by atoms with E-state index in [0.29, 0.717) is 0 Å². The summed E-state index contributed by atoms with van der Waals surface area (Å²) in [5.41, 5.74) is 16.1. The molecule has 2 saturated heterocycles. The smallest absolute Gasteiger partial charge is 0.326 e. The molecule has 0 saturated carbocycles. The lowest BCUT2D eigenvalue weighted by Crippen LogP contribution is -2.70. The van der Waals surface area contributed by atoms with Crippen molar-refractivity contribution in [1.29, 1.82) is 0 Å². The number of carbonyl (C=O) groups excluding carboxylic acids is 9. The summed E-state index contributed by atoms with van der Waals surface area (Å²) in [6.07, 6.45) is -16.0. The summed E-state index contributed by atoms with van der Waals surface area (Å²) in [5, 5.41) is 54.2. The number of hydrogen-bond acceptors (Lipinski definition) is 20. The first kappa shape index (κ1) is 56.5. The summed E-state index contributed by atoms with van der Waals surface area (Å²) in [6, 6.07) is -8.45. The topological polar surface area (TPSA) is 445 Å². The molecule has 0 aromatic heterocycles. The molecule has 15 unspecified atom stereocenters. The van der Waals surface area contributed by atoms with Gasteiger partial charge in [0.15, 0.2) is 12.6 Å². The van der Waals surface area contributed by atoms with Gasteiger partial charge in [0.05, 0.1) is 6.04 Å². The molecule has 0 aliphatic carbocycles. The van der Waals surface area contributed by atoms with Gasteiger partial charge in [-0.1, -0.05) is 0 Å². The average molecular weight is 951 g/mol. The van der Waals surface area contributed by atoms with Crippen molar-refractivity contribution < 1.29 is 96.8 Å². The molecule has 28 heteroatoms. The third-order valence-corrected chi connectivity index (χ3v) is 10.1. The minimum absolute atomic E-state index is 0.0604. The molecule has 2 heterocycles. The van der Waals surface area contributed by atoms with E-state index < -0.39 is 177 Å². The number of carbonyl (C=O) groups is 10. The Hall–Kier alpha value is -5.62. The van der Waals surface area contributed by atoms with Crippen LogP contribution in [0.3, 0.4) is 0 Å². The van der Waals surface area contributed by atoms with Crippen LogP contribution in [-0.4, -0.2) is 184 Å². The van der Waals surface area contributed by atoms with E-state index in [9.17, 15) is 68.4 Å². The van der Waals surface area contributed by atoms with Gasteiger partial charge in [0.1, 0.15) is 86.2 Å². The van der Waals surface area contributed by atoms with E-state index in [0.717, 1.165) is 27.7 Å². The van der Waals surface area contributed by atoms with Crippen LogP contribution in [0.25, 0.3) is 0 Å². The van der Waals surface area contributed by atoms with E-state index >= 15 is 0 Å². The van der Waals surface area contributed by atoms with Gasteiger partial charge in [0.25, 0.3) is 0 Å². The lowest BCUT2D eigenvalue weighted by Gasteiger charge is -2.48. The number of aliphatic hydroxyl groups is 3. The fourth-order valence-corrected chi connectivity index (χ4v) is 6.66. The van der Waals surface area contributed by atoms with Crippen molar-refractivity contribution in [2.24, 2.45) is 17.2 Å². The SMILES string of the molecule is CC(=O)NC1C(OC2C(COC(C)=O)OC(O)C(NC(C)=O)C2OC(C)C(=O)NC(C)C(=O)NC(CCC(=O)NC(CCCC(N)C(N)=O)C(=O)O)C(N)=O)OC(COC(C)=O)C(O)C1O. The van der Waals surface area contributed by atoms with Crippen LogP contribution in [0.15, 0.2) is 0 Å². The predicted octanol–water partition coefficient (Wildman–Crippen LogP) is -6.75. The predicted molar refractivity (Wildman–Crippen MR) is 218 cm³/mol. The lowest BCUT2D eigenvalue weighted by atomic mass is 9.94. The number of rotatable bonds is 25. The van der Waals surface area contributed by atoms with Crippen LogP contribution in [0.5, 0.6) is 0 Å². The third-order valence-electron chi connectivity index (χ3n) is 10.1. The van der Waals surface area contributed by atoms with Crippen molar-refractivity contribution in [1.82, 2.24) is 26.6 Å². The van der Waals surface area contributed by atoms with Gasteiger partial charge in [0, 0.05) is 34.1 Å². The zero-order chi connectivity index (χ0) is 50.2. The molecule has 66 heavy (non-hydrogen) atoms. The van der Waals surface area contributed by atoms with Crippen LogP contribution < -0.4 is 43.8 Å². The van der Waals surface area contributed by atoms with Crippen molar-refractivity contribution in [3.8, 4) is 0 Å². The second-order valence-electron chi connectivity index (χ2n) is 15.6. The molecule has 28 nitrogen and oxygen atoms in total. The summed E-state index contributed by atoms with van der Waals surface area (Å²) in [5.74, 6) is -9.12. The van der Waals surface area contributed by atoms with Crippen molar-refractivity contribution in [2.45, 2.75) is 165 Å². The third kappa shape index (κ3) is 18.0. The Balaban J connectivity index is 2.31. The summed E-state index contributed by atoms with van der Waals surface area (Å²) >= 11 is 0. The highest BCUT2D eigenvalue weighted by atomic mass is 16.7. The van der Waals surface area contributed by atoms with E-state index in [1.807, 2.05) is 0 Å². The number of amides is 7. The molecular formula is C38H62N8O20.